The number of carbonyl (C=O) groups is 1. The van der Waals surface area contributed by atoms with E-state index in [9.17, 15) is 4.79 Å². The molecule has 0 atom stereocenters. The molecule has 0 N–H and O–H groups in total. The lowest BCUT2D eigenvalue weighted by atomic mass is 10.1. The Morgan fingerprint density at radius 3 is 2.61 bits per heavy atom. The second-order valence-corrected chi connectivity index (χ2v) is 6.90. The average Bonchev–Trinajstić information content (AvgIpc) is 3.19. The Morgan fingerprint density at radius 1 is 1.11 bits per heavy atom. The van der Waals surface area contributed by atoms with E-state index in [1.165, 1.54) is 5.01 Å². The van der Waals surface area contributed by atoms with Gasteiger partial charge in [0.25, 0.3) is 5.91 Å². The summed E-state index contributed by atoms with van der Waals surface area (Å²) in [4.78, 5) is 13.0. The van der Waals surface area contributed by atoms with Gasteiger partial charge in [0, 0.05) is 29.2 Å². The maximum Gasteiger partial charge on any atom is 0.280 e. The van der Waals surface area contributed by atoms with Crippen molar-refractivity contribution in [2.24, 2.45) is 5.10 Å². The molecule has 0 spiro atoms. The number of aromatic nitrogens is 1. The summed E-state index contributed by atoms with van der Waals surface area (Å²) in [7, 11) is 0. The van der Waals surface area contributed by atoms with Gasteiger partial charge in [-0.25, -0.2) is 0 Å². The number of amides is 1. The highest BCUT2D eigenvalue weighted by atomic mass is 16.2. The predicted octanol–water partition coefficient (Wildman–Crippen LogP) is 4.67. The van der Waals surface area contributed by atoms with Crippen molar-refractivity contribution in [1.82, 2.24) is 4.57 Å². The van der Waals surface area contributed by atoms with E-state index in [1.807, 2.05) is 74.7 Å². The van der Waals surface area contributed by atoms with Gasteiger partial charge in [-0.1, -0.05) is 35.9 Å². The number of fused-ring (bicyclic) bond motifs is 1. The van der Waals surface area contributed by atoms with Gasteiger partial charge in [0.1, 0.15) is 0 Å². The Bertz CT molecular complexity index is 1160. The molecule has 0 bridgehead atoms. The van der Waals surface area contributed by atoms with E-state index >= 15 is 0 Å². The van der Waals surface area contributed by atoms with Crippen LogP contribution in [0.4, 0.5) is 5.69 Å². The summed E-state index contributed by atoms with van der Waals surface area (Å²) in [5.41, 5.74) is 5.19. The first kappa shape index (κ1) is 17.7. The lowest BCUT2D eigenvalue weighted by Crippen LogP contribution is -2.21. The first-order chi connectivity index (χ1) is 13.6. The molecule has 1 amide bonds. The van der Waals surface area contributed by atoms with Gasteiger partial charge in [0.05, 0.1) is 29.5 Å². The molecule has 2 heterocycles. The average molecular weight is 368 g/mol. The molecule has 3 aromatic rings. The molecular formula is C23H20N4O. The van der Waals surface area contributed by atoms with Crippen LogP contribution in [0.2, 0.25) is 0 Å². The Hall–Kier alpha value is -3.65. The molecule has 5 nitrogen and oxygen atoms in total. The van der Waals surface area contributed by atoms with Crippen LogP contribution in [-0.2, 0) is 11.3 Å². The highest BCUT2D eigenvalue weighted by Crippen LogP contribution is 2.28. The summed E-state index contributed by atoms with van der Waals surface area (Å²) in [6, 6.07) is 18.0. The number of rotatable bonds is 4. The molecule has 138 valence electrons. The number of aryl methyl sites for hydroxylation is 2. The Balaban J connectivity index is 1.73. The molecule has 0 unspecified atom stereocenters. The highest BCUT2D eigenvalue weighted by molar-refractivity contribution is 6.32. The van der Waals surface area contributed by atoms with E-state index in [2.05, 4.69) is 15.7 Å². The van der Waals surface area contributed by atoms with Crippen LogP contribution < -0.4 is 5.01 Å². The van der Waals surface area contributed by atoms with Gasteiger partial charge in [-0.2, -0.15) is 15.4 Å². The van der Waals surface area contributed by atoms with Gasteiger partial charge in [0.2, 0.25) is 0 Å². The molecule has 28 heavy (non-hydrogen) atoms. The fourth-order valence-corrected chi connectivity index (χ4v) is 3.45. The van der Waals surface area contributed by atoms with Gasteiger partial charge < -0.3 is 4.57 Å². The smallest absolute Gasteiger partial charge is 0.280 e. The summed E-state index contributed by atoms with van der Waals surface area (Å²) in [6.45, 7) is 4.49. The monoisotopic (exact) mass is 368 g/mol. The van der Waals surface area contributed by atoms with E-state index in [0.29, 0.717) is 24.3 Å². The normalized spacial score (nSPS) is 15.3. The van der Waals surface area contributed by atoms with Crippen molar-refractivity contribution < 1.29 is 4.79 Å². The lowest BCUT2D eigenvalue weighted by Gasteiger charge is -2.11. The van der Waals surface area contributed by atoms with Gasteiger partial charge in [-0.3, -0.25) is 4.79 Å². The molecule has 2 aromatic carbocycles. The molecule has 0 aliphatic carbocycles. The SMILES string of the molecule is CC1=NN(c2ccc(C)cc2)C(=O)/C1=C/c1cn(CCC#N)c2ccccc12. The third kappa shape index (κ3) is 3.10. The fraction of sp³-hybridized carbons (Fsp3) is 0.174. The maximum atomic E-state index is 13.0. The predicted molar refractivity (Wildman–Crippen MR) is 112 cm³/mol. The van der Waals surface area contributed by atoms with Crippen LogP contribution in [0.1, 0.15) is 24.5 Å². The largest absolute Gasteiger partial charge is 0.346 e. The standard InChI is InChI=1S/C23H20N4O/c1-16-8-10-19(11-9-16)27-23(28)21(17(2)25-27)14-18-15-26(13-5-12-24)22-7-4-3-6-20(18)22/h3-4,6-11,14-15H,5,13H2,1-2H3/b21-14+. The van der Waals surface area contributed by atoms with Gasteiger partial charge >= 0.3 is 0 Å². The van der Waals surface area contributed by atoms with E-state index < -0.39 is 0 Å². The summed E-state index contributed by atoms with van der Waals surface area (Å²) in [6.07, 6.45) is 4.35. The first-order valence-corrected chi connectivity index (χ1v) is 9.21. The third-order valence-electron chi connectivity index (χ3n) is 4.92. The van der Waals surface area contributed by atoms with Crippen molar-refractivity contribution in [3.63, 3.8) is 0 Å². The maximum absolute atomic E-state index is 13.0. The van der Waals surface area contributed by atoms with E-state index in [1.54, 1.807) is 0 Å². The van der Waals surface area contributed by atoms with Crippen LogP contribution in [0.3, 0.4) is 0 Å². The number of hydrogen-bond acceptors (Lipinski definition) is 3. The van der Waals surface area contributed by atoms with Crippen LogP contribution >= 0.6 is 0 Å². The highest BCUT2D eigenvalue weighted by Gasteiger charge is 2.29. The minimum atomic E-state index is -0.129. The van der Waals surface area contributed by atoms with Crippen molar-refractivity contribution in [3.05, 3.63) is 71.4 Å². The van der Waals surface area contributed by atoms with Gasteiger partial charge in [0.15, 0.2) is 0 Å². The van der Waals surface area contributed by atoms with Crippen LogP contribution in [0.15, 0.2) is 65.4 Å². The zero-order valence-electron chi connectivity index (χ0n) is 15.9. The van der Waals surface area contributed by atoms with Crippen molar-refractivity contribution in [1.29, 1.82) is 5.26 Å². The molecule has 0 fully saturated rings. The second kappa shape index (κ2) is 7.16. The summed E-state index contributed by atoms with van der Waals surface area (Å²) < 4.78 is 2.06. The topological polar surface area (TPSA) is 61.4 Å². The van der Waals surface area contributed by atoms with Crippen LogP contribution in [-0.4, -0.2) is 16.2 Å². The van der Waals surface area contributed by atoms with Crippen LogP contribution in [0.5, 0.6) is 0 Å². The van der Waals surface area contributed by atoms with E-state index in [0.717, 1.165) is 27.7 Å². The Morgan fingerprint density at radius 2 is 1.86 bits per heavy atom. The number of nitrogens with zero attached hydrogens (tertiary/aromatic N) is 4. The van der Waals surface area contributed by atoms with Crippen molar-refractivity contribution in [3.8, 4) is 6.07 Å². The van der Waals surface area contributed by atoms with Crippen LogP contribution in [0.25, 0.3) is 17.0 Å². The molecule has 0 radical (unpaired) electrons. The fourth-order valence-electron chi connectivity index (χ4n) is 3.45. The molecule has 4 rings (SSSR count). The second-order valence-electron chi connectivity index (χ2n) is 6.90. The minimum absolute atomic E-state index is 0.129. The molecule has 1 aliphatic rings. The zero-order chi connectivity index (χ0) is 19.7. The summed E-state index contributed by atoms with van der Waals surface area (Å²) in [5, 5.41) is 15.9. The lowest BCUT2D eigenvalue weighted by molar-refractivity contribution is -0.114. The molecule has 0 saturated carbocycles. The molecule has 1 aromatic heterocycles. The first-order valence-electron chi connectivity index (χ1n) is 9.21. The molecule has 1 aliphatic heterocycles. The number of hydrazone groups is 1. The number of benzene rings is 2. The zero-order valence-corrected chi connectivity index (χ0v) is 15.9. The number of carbonyl (C=O) groups excluding carboxylic acids is 1. The van der Waals surface area contributed by atoms with E-state index in [4.69, 9.17) is 5.26 Å². The molecule has 5 heteroatoms. The minimum Gasteiger partial charge on any atom is -0.346 e. The number of para-hydroxylation sites is 1. The summed E-state index contributed by atoms with van der Waals surface area (Å²) in [5.74, 6) is -0.129. The summed E-state index contributed by atoms with van der Waals surface area (Å²) >= 11 is 0. The Labute approximate surface area is 163 Å². The number of nitriles is 1. The number of anilines is 1. The molecule has 0 saturated heterocycles. The van der Waals surface area contributed by atoms with Crippen molar-refractivity contribution in [2.45, 2.75) is 26.8 Å². The van der Waals surface area contributed by atoms with Crippen LogP contribution in [0, 0.1) is 18.3 Å². The quantitative estimate of drug-likeness (QED) is 0.628. The van der Waals surface area contributed by atoms with Crippen molar-refractivity contribution >= 4 is 34.3 Å². The van der Waals surface area contributed by atoms with Gasteiger partial charge in [-0.05, 0) is 38.1 Å². The molecular weight excluding hydrogens is 348 g/mol. The third-order valence-corrected chi connectivity index (χ3v) is 4.92. The van der Waals surface area contributed by atoms with Gasteiger partial charge in [-0.15, -0.1) is 0 Å². The van der Waals surface area contributed by atoms with E-state index in [-0.39, 0.29) is 5.91 Å². The van der Waals surface area contributed by atoms with Crippen molar-refractivity contribution in [2.75, 3.05) is 5.01 Å². The Kier molecular flexibility index (Phi) is 4.54. The number of hydrogen-bond donors (Lipinski definition) is 0.